The van der Waals surface area contributed by atoms with E-state index in [1.807, 2.05) is 32.5 Å². The summed E-state index contributed by atoms with van der Waals surface area (Å²) in [6.07, 6.45) is 2.64. The van der Waals surface area contributed by atoms with Crippen LogP contribution in [0.25, 0.3) is 0 Å². The van der Waals surface area contributed by atoms with Crippen molar-refractivity contribution in [2.45, 2.75) is 32.7 Å². The van der Waals surface area contributed by atoms with E-state index in [2.05, 4.69) is 16.9 Å². The Bertz CT molecular complexity index is 166. The Kier molecular flexibility index (Phi) is 7.01. The smallest absolute Gasteiger partial charge is 0.221 e. The average molecular weight is 218 g/mol. The van der Waals surface area contributed by atoms with Crippen molar-refractivity contribution < 1.29 is 4.79 Å². The highest BCUT2D eigenvalue weighted by atomic mass is 32.2. The maximum absolute atomic E-state index is 11.3. The van der Waals surface area contributed by atoms with Crippen LogP contribution in [0.1, 0.15) is 27.2 Å². The van der Waals surface area contributed by atoms with Crippen LogP contribution in [0.2, 0.25) is 0 Å². The maximum atomic E-state index is 11.3. The van der Waals surface area contributed by atoms with Crippen molar-refractivity contribution in [1.82, 2.24) is 10.6 Å². The van der Waals surface area contributed by atoms with Crippen molar-refractivity contribution in [1.29, 1.82) is 0 Å². The SMILES string of the molecule is CSCCNCCC(=O)NC(C)(C)C. The van der Waals surface area contributed by atoms with Crippen molar-refractivity contribution >= 4 is 17.7 Å². The van der Waals surface area contributed by atoms with Gasteiger partial charge in [0.15, 0.2) is 0 Å². The molecule has 0 rings (SSSR count). The Morgan fingerprint density at radius 3 is 2.43 bits per heavy atom. The first-order chi connectivity index (χ1) is 6.45. The van der Waals surface area contributed by atoms with E-state index in [4.69, 9.17) is 0 Å². The summed E-state index contributed by atoms with van der Waals surface area (Å²) in [5.41, 5.74) is -0.115. The third-order valence-electron chi connectivity index (χ3n) is 1.53. The summed E-state index contributed by atoms with van der Waals surface area (Å²) >= 11 is 1.81. The Morgan fingerprint density at radius 2 is 1.93 bits per heavy atom. The molecule has 3 nitrogen and oxygen atoms in total. The molecule has 0 radical (unpaired) electrons. The fourth-order valence-electron chi connectivity index (χ4n) is 0.982. The van der Waals surface area contributed by atoms with Crippen LogP contribution < -0.4 is 10.6 Å². The van der Waals surface area contributed by atoms with Crippen LogP contribution >= 0.6 is 11.8 Å². The highest BCUT2D eigenvalue weighted by Gasteiger charge is 2.12. The zero-order chi connectivity index (χ0) is 11.0. The van der Waals surface area contributed by atoms with Crippen molar-refractivity contribution in [3.05, 3.63) is 0 Å². The summed E-state index contributed by atoms with van der Waals surface area (Å²) in [6, 6.07) is 0. The topological polar surface area (TPSA) is 41.1 Å². The molecule has 1 amide bonds. The van der Waals surface area contributed by atoms with E-state index in [9.17, 15) is 4.79 Å². The second-order valence-electron chi connectivity index (χ2n) is 4.29. The lowest BCUT2D eigenvalue weighted by molar-refractivity contribution is -0.122. The van der Waals surface area contributed by atoms with Crippen LogP contribution in [0.15, 0.2) is 0 Å². The third-order valence-corrected chi connectivity index (χ3v) is 2.14. The second-order valence-corrected chi connectivity index (χ2v) is 5.28. The molecule has 0 heterocycles. The molecule has 0 aromatic rings. The number of rotatable bonds is 6. The van der Waals surface area contributed by atoms with Gasteiger partial charge in [-0.2, -0.15) is 11.8 Å². The van der Waals surface area contributed by atoms with E-state index in [-0.39, 0.29) is 11.4 Å². The Labute approximate surface area is 91.4 Å². The van der Waals surface area contributed by atoms with Gasteiger partial charge in [0.2, 0.25) is 5.91 Å². The summed E-state index contributed by atoms with van der Waals surface area (Å²) in [6.45, 7) is 7.72. The molecule has 0 spiro atoms. The number of thioether (sulfide) groups is 1. The van der Waals surface area contributed by atoms with Gasteiger partial charge in [-0.3, -0.25) is 4.79 Å². The molecule has 2 N–H and O–H groups in total. The fourth-order valence-corrected chi connectivity index (χ4v) is 1.33. The van der Waals surface area contributed by atoms with E-state index in [1.165, 1.54) is 0 Å². The van der Waals surface area contributed by atoms with E-state index in [0.29, 0.717) is 6.42 Å². The molecule has 14 heavy (non-hydrogen) atoms. The summed E-state index contributed by atoms with van der Waals surface area (Å²) < 4.78 is 0. The van der Waals surface area contributed by atoms with Gasteiger partial charge in [0, 0.05) is 30.8 Å². The molecule has 0 aliphatic heterocycles. The molecule has 84 valence electrons. The second kappa shape index (κ2) is 7.12. The van der Waals surface area contributed by atoms with Gasteiger partial charge < -0.3 is 10.6 Å². The van der Waals surface area contributed by atoms with Gasteiger partial charge in [-0.25, -0.2) is 0 Å². The summed E-state index contributed by atoms with van der Waals surface area (Å²) in [5.74, 6) is 1.22. The van der Waals surface area contributed by atoms with Crippen LogP contribution in [-0.4, -0.2) is 36.5 Å². The van der Waals surface area contributed by atoms with Gasteiger partial charge in [0.05, 0.1) is 0 Å². The number of hydrogen-bond donors (Lipinski definition) is 2. The minimum atomic E-state index is -0.115. The molecule has 0 aliphatic rings. The molecule has 0 saturated heterocycles. The first-order valence-electron chi connectivity index (χ1n) is 4.96. The summed E-state index contributed by atoms with van der Waals surface area (Å²) in [7, 11) is 0. The zero-order valence-corrected chi connectivity index (χ0v) is 10.5. The lowest BCUT2D eigenvalue weighted by Crippen LogP contribution is -2.41. The molecule has 0 unspecified atom stereocenters. The van der Waals surface area contributed by atoms with E-state index in [1.54, 1.807) is 0 Å². The molecular weight excluding hydrogens is 196 g/mol. The molecule has 0 atom stereocenters. The molecule has 4 heteroatoms. The molecule has 0 aromatic carbocycles. The van der Waals surface area contributed by atoms with Crippen molar-refractivity contribution in [2.75, 3.05) is 25.1 Å². The van der Waals surface area contributed by atoms with Gasteiger partial charge in [-0.15, -0.1) is 0 Å². The van der Waals surface area contributed by atoms with E-state index >= 15 is 0 Å². The third kappa shape index (κ3) is 9.86. The Balaban J connectivity index is 3.36. The lowest BCUT2D eigenvalue weighted by atomic mass is 10.1. The Morgan fingerprint density at radius 1 is 1.29 bits per heavy atom. The fraction of sp³-hybridized carbons (Fsp3) is 0.900. The molecule has 0 fully saturated rings. The average Bonchev–Trinajstić information content (AvgIpc) is 2.00. The maximum Gasteiger partial charge on any atom is 0.221 e. The molecule has 0 aliphatic carbocycles. The van der Waals surface area contributed by atoms with Gasteiger partial charge in [0.1, 0.15) is 0 Å². The number of hydrogen-bond acceptors (Lipinski definition) is 3. The number of carbonyl (C=O) groups is 1. The van der Waals surface area contributed by atoms with Crippen molar-refractivity contribution in [3.63, 3.8) is 0 Å². The van der Waals surface area contributed by atoms with Crippen LogP contribution in [-0.2, 0) is 4.79 Å². The summed E-state index contributed by atoms with van der Waals surface area (Å²) in [5, 5.41) is 6.15. The van der Waals surface area contributed by atoms with Gasteiger partial charge in [0.25, 0.3) is 0 Å². The first kappa shape index (κ1) is 13.8. The minimum Gasteiger partial charge on any atom is -0.351 e. The highest BCUT2D eigenvalue weighted by molar-refractivity contribution is 7.98. The van der Waals surface area contributed by atoms with Gasteiger partial charge in [-0.1, -0.05) is 0 Å². The molecule has 0 saturated carbocycles. The number of carbonyl (C=O) groups excluding carboxylic acids is 1. The molecule has 0 bridgehead atoms. The van der Waals surface area contributed by atoms with E-state index in [0.717, 1.165) is 18.8 Å². The standard InChI is InChI=1S/C10H22N2OS/c1-10(2,3)12-9(13)5-6-11-7-8-14-4/h11H,5-8H2,1-4H3,(H,12,13). The predicted molar refractivity (Wildman–Crippen MR) is 63.8 cm³/mol. The van der Waals surface area contributed by atoms with Crippen LogP contribution in [0.5, 0.6) is 0 Å². The first-order valence-corrected chi connectivity index (χ1v) is 6.36. The largest absolute Gasteiger partial charge is 0.351 e. The molecule has 0 aromatic heterocycles. The quantitative estimate of drug-likeness (QED) is 0.659. The zero-order valence-electron chi connectivity index (χ0n) is 9.64. The monoisotopic (exact) mass is 218 g/mol. The highest BCUT2D eigenvalue weighted by Crippen LogP contribution is 1.98. The van der Waals surface area contributed by atoms with Crippen molar-refractivity contribution in [2.24, 2.45) is 0 Å². The predicted octanol–water partition coefficient (Wildman–Crippen LogP) is 1.24. The number of amides is 1. The molecular formula is C10H22N2OS. The van der Waals surface area contributed by atoms with Crippen molar-refractivity contribution in [3.8, 4) is 0 Å². The van der Waals surface area contributed by atoms with E-state index < -0.39 is 0 Å². The Hall–Kier alpha value is -0.220. The van der Waals surface area contributed by atoms with Crippen LogP contribution in [0.3, 0.4) is 0 Å². The van der Waals surface area contributed by atoms with Gasteiger partial charge in [-0.05, 0) is 27.0 Å². The van der Waals surface area contributed by atoms with Crippen LogP contribution in [0, 0.1) is 0 Å². The lowest BCUT2D eigenvalue weighted by Gasteiger charge is -2.20. The minimum absolute atomic E-state index is 0.115. The van der Waals surface area contributed by atoms with Gasteiger partial charge >= 0.3 is 0 Å². The summed E-state index contributed by atoms with van der Waals surface area (Å²) in [4.78, 5) is 11.3. The normalized spacial score (nSPS) is 11.4. The van der Waals surface area contributed by atoms with Crippen LogP contribution in [0.4, 0.5) is 0 Å². The number of nitrogens with one attached hydrogen (secondary N) is 2.